The number of benzene rings is 1. The number of halogens is 3. The molecule has 1 saturated heterocycles. The Morgan fingerprint density at radius 3 is 2.41 bits per heavy atom. The highest BCUT2D eigenvalue weighted by molar-refractivity contribution is 5.91. The molecule has 1 heterocycles. The van der Waals surface area contributed by atoms with Crippen LogP contribution in [0, 0.1) is 23.4 Å². The van der Waals surface area contributed by atoms with E-state index in [0.717, 1.165) is 44.1 Å². The van der Waals surface area contributed by atoms with Crippen LogP contribution in [0.4, 0.5) is 18.9 Å². The second-order valence-corrected chi connectivity index (χ2v) is 6.19. The molecule has 1 aromatic rings. The van der Waals surface area contributed by atoms with Crippen molar-refractivity contribution in [3.05, 3.63) is 29.6 Å². The summed E-state index contributed by atoms with van der Waals surface area (Å²) < 4.78 is 39.5. The molecule has 0 atom stereocenters. The molecule has 2 aliphatic rings. The molecule has 120 valence electrons. The van der Waals surface area contributed by atoms with Crippen molar-refractivity contribution < 1.29 is 18.0 Å². The lowest BCUT2D eigenvalue weighted by Crippen LogP contribution is -2.36. The van der Waals surface area contributed by atoms with Crippen molar-refractivity contribution in [3.8, 4) is 0 Å². The number of rotatable bonds is 4. The van der Waals surface area contributed by atoms with Crippen molar-refractivity contribution in [2.75, 3.05) is 18.4 Å². The van der Waals surface area contributed by atoms with Crippen LogP contribution in [-0.2, 0) is 4.79 Å². The van der Waals surface area contributed by atoms with Crippen molar-refractivity contribution in [2.24, 2.45) is 5.92 Å². The van der Waals surface area contributed by atoms with Crippen LogP contribution in [0.3, 0.4) is 0 Å². The first kappa shape index (κ1) is 15.3. The number of nitrogens with zero attached hydrogens (tertiary/aromatic N) is 1. The van der Waals surface area contributed by atoms with Gasteiger partial charge >= 0.3 is 0 Å². The molecule has 0 spiro atoms. The zero-order valence-corrected chi connectivity index (χ0v) is 12.2. The Morgan fingerprint density at radius 2 is 1.77 bits per heavy atom. The van der Waals surface area contributed by atoms with E-state index >= 15 is 0 Å². The monoisotopic (exact) mass is 312 g/mol. The summed E-state index contributed by atoms with van der Waals surface area (Å²) in [6.07, 6.45) is 4.74. The number of anilines is 1. The van der Waals surface area contributed by atoms with Gasteiger partial charge in [-0.3, -0.25) is 4.79 Å². The normalized spacial score (nSPS) is 20.1. The first-order chi connectivity index (χ1) is 10.5. The minimum atomic E-state index is -1.56. The number of hydrogen-bond acceptors (Lipinski definition) is 2. The second-order valence-electron chi connectivity index (χ2n) is 6.19. The topological polar surface area (TPSA) is 32.3 Å². The van der Waals surface area contributed by atoms with Gasteiger partial charge in [-0.25, -0.2) is 13.2 Å². The molecule has 1 aromatic carbocycles. The van der Waals surface area contributed by atoms with Gasteiger partial charge in [0.1, 0.15) is 0 Å². The van der Waals surface area contributed by atoms with Gasteiger partial charge in [-0.2, -0.15) is 0 Å². The van der Waals surface area contributed by atoms with Gasteiger partial charge in [0.05, 0.1) is 5.69 Å². The van der Waals surface area contributed by atoms with E-state index in [1.165, 1.54) is 12.8 Å². The lowest BCUT2D eigenvalue weighted by atomic mass is 9.93. The van der Waals surface area contributed by atoms with Crippen molar-refractivity contribution in [3.63, 3.8) is 0 Å². The Hall–Kier alpha value is -1.56. The smallest absolute Gasteiger partial charge is 0.224 e. The summed E-state index contributed by atoms with van der Waals surface area (Å²) in [4.78, 5) is 14.4. The fourth-order valence-corrected chi connectivity index (χ4v) is 3.05. The minimum Gasteiger partial charge on any atom is -0.323 e. The van der Waals surface area contributed by atoms with E-state index in [-0.39, 0.29) is 23.9 Å². The summed E-state index contributed by atoms with van der Waals surface area (Å²) in [5.41, 5.74) is -0.306. The summed E-state index contributed by atoms with van der Waals surface area (Å²) in [6, 6.07) is 2.59. The zero-order valence-electron chi connectivity index (χ0n) is 12.2. The van der Waals surface area contributed by atoms with Crippen molar-refractivity contribution >= 4 is 11.6 Å². The number of hydrogen-bond donors (Lipinski definition) is 1. The highest BCUT2D eigenvalue weighted by Gasteiger charge is 2.32. The standard InChI is InChI=1S/C16H19F3N2O/c17-12-3-4-13(16(19)15(12)18)20-14(22)9-10-5-7-21(8-6-10)11-1-2-11/h3-4,10-11H,1-2,5-9H2,(H,20,22). The average Bonchev–Trinajstić information content (AvgIpc) is 3.33. The third-order valence-electron chi connectivity index (χ3n) is 4.50. The lowest BCUT2D eigenvalue weighted by molar-refractivity contribution is -0.117. The maximum Gasteiger partial charge on any atom is 0.224 e. The number of carbonyl (C=O) groups excluding carboxylic acids is 1. The predicted molar refractivity (Wildman–Crippen MR) is 76.9 cm³/mol. The molecule has 0 bridgehead atoms. The maximum atomic E-state index is 13.5. The molecule has 3 rings (SSSR count). The number of likely N-dealkylation sites (tertiary alicyclic amines) is 1. The van der Waals surface area contributed by atoms with Gasteiger partial charge in [0.25, 0.3) is 0 Å². The van der Waals surface area contributed by atoms with E-state index in [0.29, 0.717) is 0 Å². The molecule has 6 heteroatoms. The summed E-state index contributed by atoms with van der Waals surface area (Å²) >= 11 is 0. The molecule has 1 amide bonds. The van der Waals surface area contributed by atoms with Gasteiger partial charge in [0.2, 0.25) is 5.91 Å². The lowest BCUT2D eigenvalue weighted by Gasteiger charge is -2.31. The Morgan fingerprint density at radius 1 is 1.09 bits per heavy atom. The molecular formula is C16H19F3N2O. The summed E-state index contributed by atoms with van der Waals surface area (Å²) in [6.45, 7) is 2.00. The van der Waals surface area contributed by atoms with Crippen LogP contribution in [-0.4, -0.2) is 29.9 Å². The average molecular weight is 312 g/mol. The maximum absolute atomic E-state index is 13.5. The van der Waals surface area contributed by atoms with Gasteiger partial charge in [-0.05, 0) is 56.8 Å². The van der Waals surface area contributed by atoms with E-state index < -0.39 is 17.5 Å². The largest absolute Gasteiger partial charge is 0.323 e. The van der Waals surface area contributed by atoms with Crippen LogP contribution in [0.15, 0.2) is 12.1 Å². The number of carbonyl (C=O) groups is 1. The second kappa shape index (κ2) is 6.28. The molecule has 22 heavy (non-hydrogen) atoms. The third kappa shape index (κ3) is 3.43. The fraction of sp³-hybridized carbons (Fsp3) is 0.562. The highest BCUT2D eigenvalue weighted by atomic mass is 19.2. The van der Waals surface area contributed by atoms with Gasteiger partial charge in [-0.15, -0.1) is 0 Å². The van der Waals surface area contributed by atoms with Crippen molar-refractivity contribution in [2.45, 2.75) is 38.1 Å². The Balaban J connectivity index is 1.51. The van der Waals surface area contributed by atoms with Crippen LogP contribution in [0.1, 0.15) is 32.1 Å². The summed E-state index contributed by atoms with van der Waals surface area (Å²) in [5, 5.41) is 2.34. The molecule has 1 N–H and O–H groups in total. The van der Waals surface area contributed by atoms with Gasteiger partial charge < -0.3 is 10.2 Å². The quantitative estimate of drug-likeness (QED) is 0.865. The molecule has 0 radical (unpaired) electrons. The number of amides is 1. The SMILES string of the molecule is O=C(CC1CCN(C2CC2)CC1)Nc1ccc(F)c(F)c1F. The van der Waals surface area contributed by atoms with E-state index in [1.807, 2.05) is 0 Å². The predicted octanol–water partition coefficient (Wildman–Crippen LogP) is 3.31. The fourth-order valence-electron chi connectivity index (χ4n) is 3.05. The van der Waals surface area contributed by atoms with Crippen LogP contribution >= 0.6 is 0 Å². The van der Waals surface area contributed by atoms with E-state index in [2.05, 4.69) is 10.2 Å². The van der Waals surface area contributed by atoms with Crippen molar-refractivity contribution in [1.29, 1.82) is 0 Å². The Labute approximate surface area is 127 Å². The molecule has 2 fully saturated rings. The molecule has 3 nitrogen and oxygen atoms in total. The van der Waals surface area contributed by atoms with Crippen LogP contribution in [0.5, 0.6) is 0 Å². The van der Waals surface area contributed by atoms with Gasteiger partial charge in [-0.1, -0.05) is 0 Å². The Bertz CT molecular complexity index is 567. The first-order valence-corrected chi connectivity index (χ1v) is 7.72. The summed E-state index contributed by atoms with van der Waals surface area (Å²) in [5.74, 6) is -4.26. The van der Waals surface area contributed by atoms with Crippen LogP contribution < -0.4 is 5.32 Å². The third-order valence-corrected chi connectivity index (χ3v) is 4.50. The molecular weight excluding hydrogens is 293 g/mol. The van der Waals surface area contributed by atoms with E-state index in [4.69, 9.17) is 0 Å². The molecule has 1 saturated carbocycles. The van der Waals surface area contributed by atoms with Crippen LogP contribution in [0.2, 0.25) is 0 Å². The minimum absolute atomic E-state index is 0.267. The first-order valence-electron chi connectivity index (χ1n) is 7.72. The Kier molecular flexibility index (Phi) is 4.38. The number of nitrogens with one attached hydrogen (secondary N) is 1. The van der Waals surface area contributed by atoms with Gasteiger partial charge in [0, 0.05) is 12.5 Å². The molecule has 0 unspecified atom stereocenters. The highest BCUT2D eigenvalue weighted by Crippen LogP contribution is 2.31. The van der Waals surface area contributed by atoms with Gasteiger partial charge in [0.15, 0.2) is 17.5 Å². The molecule has 1 aliphatic carbocycles. The van der Waals surface area contributed by atoms with E-state index in [9.17, 15) is 18.0 Å². The molecule has 1 aliphatic heterocycles. The zero-order chi connectivity index (χ0) is 15.7. The summed E-state index contributed by atoms with van der Waals surface area (Å²) in [7, 11) is 0. The molecule has 0 aromatic heterocycles. The van der Waals surface area contributed by atoms with E-state index in [1.54, 1.807) is 0 Å². The van der Waals surface area contributed by atoms with Crippen LogP contribution in [0.25, 0.3) is 0 Å². The van der Waals surface area contributed by atoms with Crippen molar-refractivity contribution in [1.82, 2.24) is 4.90 Å². The number of piperidine rings is 1.